The number of alkyl halides is 1. The molecule has 1 aromatic heterocycles. The summed E-state index contributed by atoms with van der Waals surface area (Å²) in [5.41, 5.74) is 1.13. The highest BCUT2D eigenvalue weighted by atomic mass is 35.5. The lowest BCUT2D eigenvalue weighted by Crippen LogP contribution is -2.29. The van der Waals surface area contributed by atoms with Crippen LogP contribution in [0.1, 0.15) is 18.7 Å². The maximum Gasteiger partial charge on any atom is 0.240 e. The van der Waals surface area contributed by atoms with E-state index in [-0.39, 0.29) is 23.5 Å². The van der Waals surface area contributed by atoms with E-state index in [1.165, 1.54) is 12.1 Å². The van der Waals surface area contributed by atoms with Crippen LogP contribution < -0.4 is 5.32 Å². The highest BCUT2D eigenvalue weighted by molar-refractivity contribution is 6.31. The smallest absolute Gasteiger partial charge is 0.240 e. The minimum atomic E-state index is -0.523. The molecule has 1 aliphatic carbocycles. The molecule has 1 aliphatic rings. The van der Waals surface area contributed by atoms with Crippen LogP contribution in [0.4, 0.5) is 4.39 Å². The number of amides is 1. The topological polar surface area (TPSA) is 46.9 Å². The lowest BCUT2D eigenvalue weighted by Gasteiger charge is -2.09. The standard InChI is InChI=1S/C14H14Cl2FN3O/c15-4-3-13-19-11-5-9(16)10(17)6-12(11)20(13)7-14(21)18-8-1-2-8/h5-6,8H,1-4,7H2,(H,18,21). The molecule has 1 aromatic carbocycles. The van der Waals surface area contributed by atoms with Gasteiger partial charge in [0.1, 0.15) is 18.2 Å². The Bertz CT molecular complexity index is 697. The first-order valence-corrected chi connectivity index (χ1v) is 7.69. The fourth-order valence-electron chi connectivity index (χ4n) is 2.27. The summed E-state index contributed by atoms with van der Waals surface area (Å²) in [5, 5.41) is 2.93. The van der Waals surface area contributed by atoms with E-state index in [0.717, 1.165) is 12.8 Å². The summed E-state index contributed by atoms with van der Waals surface area (Å²) < 4.78 is 15.4. The minimum Gasteiger partial charge on any atom is -0.352 e. The predicted molar refractivity (Wildman–Crippen MR) is 80.3 cm³/mol. The molecule has 1 fully saturated rings. The Balaban J connectivity index is 1.97. The van der Waals surface area contributed by atoms with Gasteiger partial charge in [-0.05, 0) is 18.9 Å². The van der Waals surface area contributed by atoms with Crippen molar-refractivity contribution in [2.24, 2.45) is 0 Å². The Labute approximate surface area is 131 Å². The average Bonchev–Trinajstić information content (AvgIpc) is 3.18. The number of carbonyl (C=O) groups excluding carboxylic acids is 1. The normalized spacial score (nSPS) is 14.6. The zero-order chi connectivity index (χ0) is 15.0. The van der Waals surface area contributed by atoms with Gasteiger partial charge in [-0.2, -0.15) is 0 Å². The quantitative estimate of drug-likeness (QED) is 0.857. The monoisotopic (exact) mass is 329 g/mol. The van der Waals surface area contributed by atoms with E-state index in [0.29, 0.717) is 29.2 Å². The van der Waals surface area contributed by atoms with Crippen LogP contribution in [0.15, 0.2) is 12.1 Å². The molecule has 0 saturated heterocycles. The van der Waals surface area contributed by atoms with E-state index in [1.807, 2.05) is 0 Å². The van der Waals surface area contributed by atoms with Gasteiger partial charge in [0.15, 0.2) is 0 Å². The zero-order valence-corrected chi connectivity index (χ0v) is 12.7. The van der Waals surface area contributed by atoms with Gasteiger partial charge in [0, 0.05) is 24.4 Å². The van der Waals surface area contributed by atoms with E-state index in [4.69, 9.17) is 23.2 Å². The molecular formula is C14H14Cl2FN3O. The molecule has 1 N–H and O–H groups in total. The first-order valence-electron chi connectivity index (χ1n) is 6.78. The number of nitrogens with zero attached hydrogens (tertiary/aromatic N) is 2. The summed E-state index contributed by atoms with van der Waals surface area (Å²) in [4.78, 5) is 16.4. The summed E-state index contributed by atoms with van der Waals surface area (Å²) in [7, 11) is 0. The maximum absolute atomic E-state index is 13.7. The van der Waals surface area contributed by atoms with Crippen molar-refractivity contribution in [1.82, 2.24) is 14.9 Å². The molecule has 3 rings (SSSR count). The predicted octanol–water partition coefficient (Wildman–Crippen LogP) is 2.89. The highest BCUT2D eigenvalue weighted by Crippen LogP contribution is 2.24. The van der Waals surface area contributed by atoms with Crippen LogP contribution >= 0.6 is 23.2 Å². The molecule has 0 atom stereocenters. The number of nitrogens with one attached hydrogen (secondary N) is 1. The van der Waals surface area contributed by atoms with Crippen molar-refractivity contribution in [2.75, 3.05) is 5.88 Å². The Morgan fingerprint density at radius 3 is 2.90 bits per heavy atom. The Morgan fingerprint density at radius 1 is 1.48 bits per heavy atom. The average molecular weight is 330 g/mol. The Morgan fingerprint density at radius 2 is 2.24 bits per heavy atom. The molecule has 0 bridgehead atoms. The molecule has 1 amide bonds. The van der Waals surface area contributed by atoms with Crippen LogP contribution in [0.5, 0.6) is 0 Å². The molecule has 112 valence electrons. The molecule has 0 aliphatic heterocycles. The molecule has 1 saturated carbocycles. The summed E-state index contributed by atoms with van der Waals surface area (Å²) >= 11 is 11.6. The number of rotatable bonds is 5. The maximum atomic E-state index is 13.7. The molecule has 1 heterocycles. The molecule has 4 nitrogen and oxygen atoms in total. The van der Waals surface area contributed by atoms with Crippen LogP contribution in [0.3, 0.4) is 0 Å². The molecule has 7 heteroatoms. The van der Waals surface area contributed by atoms with E-state index in [1.54, 1.807) is 4.57 Å². The number of carbonyl (C=O) groups is 1. The largest absolute Gasteiger partial charge is 0.352 e. The van der Waals surface area contributed by atoms with E-state index in [9.17, 15) is 9.18 Å². The third kappa shape index (κ3) is 3.14. The lowest BCUT2D eigenvalue weighted by atomic mass is 10.3. The molecular weight excluding hydrogens is 316 g/mol. The van der Waals surface area contributed by atoms with Gasteiger partial charge in [-0.25, -0.2) is 9.37 Å². The number of benzene rings is 1. The third-order valence-corrected chi connectivity index (χ3v) is 3.91. The van der Waals surface area contributed by atoms with Crippen LogP contribution in [-0.2, 0) is 17.8 Å². The van der Waals surface area contributed by atoms with Gasteiger partial charge in [-0.3, -0.25) is 4.79 Å². The first-order chi connectivity index (χ1) is 10.1. The number of aryl methyl sites for hydroxylation is 1. The van der Waals surface area contributed by atoms with Crippen molar-refractivity contribution in [2.45, 2.75) is 31.8 Å². The van der Waals surface area contributed by atoms with Crippen molar-refractivity contribution in [3.8, 4) is 0 Å². The number of aromatic nitrogens is 2. The van der Waals surface area contributed by atoms with Gasteiger partial charge in [0.2, 0.25) is 5.91 Å². The number of hydrogen-bond donors (Lipinski definition) is 1. The lowest BCUT2D eigenvalue weighted by molar-refractivity contribution is -0.121. The SMILES string of the molecule is O=C(Cn1c(CCCl)nc2cc(Cl)c(F)cc21)NC1CC1. The summed E-state index contributed by atoms with van der Waals surface area (Å²) in [6.07, 6.45) is 2.55. The van der Waals surface area contributed by atoms with E-state index < -0.39 is 5.82 Å². The van der Waals surface area contributed by atoms with E-state index >= 15 is 0 Å². The minimum absolute atomic E-state index is 0.0204. The second-order valence-electron chi connectivity index (χ2n) is 5.15. The van der Waals surface area contributed by atoms with E-state index in [2.05, 4.69) is 10.3 Å². The zero-order valence-electron chi connectivity index (χ0n) is 11.2. The third-order valence-electron chi connectivity index (χ3n) is 3.43. The van der Waals surface area contributed by atoms with Gasteiger partial charge >= 0.3 is 0 Å². The van der Waals surface area contributed by atoms with Crippen molar-refractivity contribution in [3.63, 3.8) is 0 Å². The first kappa shape index (κ1) is 14.6. The van der Waals surface area contributed by atoms with Gasteiger partial charge in [0.05, 0.1) is 16.1 Å². The summed E-state index contributed by atoms with van der Waals surface area (Å²) in [5.74, 6) is 0.421. The van der Waals surface area contributed by atoms with Gasteiger partial charge in [-0.15, -0.1) is 11.6 Å². The molecule has 0 unspecified atom stereocenters. The van der Waals surface area contributed by atoms with Crippen LogP contribution in [0.25, 0.3) is 11.0 Å². The Hall–Kier alpha value is -1.33. The molecule has 0 radical (unpaired) electrons. The molecule has 0 spiro atoms. The van der Waals surface area contributed by atoms with Crippen LogP contribution in [-0.4, -0.2) is 27.4 Å². The fraction of sp³-hybridized carbons (Fsp3) is 0.429. The van der Waals surface area contributed by atoms with Crippen molar-refractivity contribution in [3.05, 3.63) is 28.8 Å². The van der Waals surface area contributed by atoms with Gasteiger partial charge in [-0.1, -0.05) is 11.6 Å². The number of hydrogen-bond acceptors (Lipinski definition) is 2. The Kier molecular flexibility index (Phi) is 4.04. The highest BCUT2D eigenvalue weighted by Gasteiger charge is 2.24. The van der Waals surface area contributed by atoms with Crippen LogP contribution in [0, 0.1) is 5.82 Å². The fourth-order valence-corrected chi connectivity index (χ4v) is 2.59. The second kappa shape index (κ2) is 5.81. The number of halogens is 3. The number of fused-ring (bicyclic) bond motifs is 1. The summed E-state index contributed by atoms with van der Waals surface area (Å²) in [6.45, 7) is 0.111. The number of imidazole rings is 1. The van der Waals surface area contributed by atoms with Gasteiger partial charge in [0.25, 0.3) is 0 Å². The van der Waals surface area contributed by atoms with Crippen molar-refractivity contribution in [1.29, 1.82) is 0 Å². The second-order valence-corrected chi connectivity index (χ2v) is 5.94. The van der Waals surface area contributed by atoms with Crippen molar-refractivity contribution < 1.29 is 9.18 Å². The molecule has 2 aromatic rings. The van der Waals surface area contributed by atoms with Crippen LogP contribution in [0.2, 0.25) is 5.02 Å². The van der Waals surface area contributed by atoms with Gasteiger partial charge < -0.3 is 9.88 Å². The summed E-state index contributed by atoms with van der Waals surface area (Å²) in [6, 6.07) is 3.07. The molecule has 21 heavy (non-hydrogen) atoms. The van der Waals surface area contributed by atoms with Crippen molar-refractivity contribution >= 4 is 40.1 Å².